The van der Waals surface area contributed by atoms with Gasteiger partial charge < -0.3 is 15.9 Å². The number of carboxylic acids is 1. The molecule has 0 aliphatic rings. The van der Waals surface area contributed by atoms with E-state index in [0.29, 0.717) is 24.9 Å². The van der Waals surface area contributed by atoms with Crippen LogP contribution >= 0.6 is 12.6 Å². The fraction of sp³-hybridized carbons (Fsp3) is 0.652. The molecule has 1 aromatic carbocycles. The molecule has 1 amide bonds. The van der Waals surface area contributed by atoms with Gasteiger partial charge in [0.05, 0.1) is 11.4 Å². The fourth-order valence-electron chi connectivity index (χ4n) is 3.36. The number of unbranched alkanes of at least 4 members (excludes halogenated alkanes) is 2. The quantitative estimate of drug-likeness (QED) is 0.116. The summed E-state index contributed by atoms with van der Waals surface area (Å²) >= 11 is 4.74. The third-order valence-corrected chi connectivity index (χ3v) is 6.51. The van der Waals surface area contributed by atoms with Gasteiger partial charge >= 0.3 is 5.97 Å². The van der Waals surface area contributed by atoms with E-state index in [1.165, 1.54) is 6.92 Å². The molecule has 0 aliphatic carbocycles. The molecule has 0 bridgehead atoms. The normalized spacial score (nSPS) is 17.1. The predicted octanol–water partition coefficient (Wildman–Crippen LogP) is 2.66. The zero-order valence-corrected chi connectivity index (χ0v) is 20.5. The average Bonchev–Trinajstić information content (AvgIpc) is 2.76. The van der Waals surface area contributed by atoms with E-state index in [2.05, 4.69) is 5.32 Å². The maximum absolute atomic E-state index is 13.9. The van der Waals surface area contributed by atoms with Crippen LogP contribution in [0.15, 0.2) is 30.3 Å². The highest BCUT2D eigenvalue weighted by Gasteiger charge is 2.55. The Morgan fingerprint density at radius 2 is 1.78 bits per heavy atom. The van der Waals surface area contributed by atoms with Crippen LogP contribution < -0.4 is 11.1 Å². The first-order valence-electron chi connectivity index (χ1n) is 11.2. The van der Waals surface area contributed by atoms with Crippen LogP contribution in [-0.4, -0.2) is 58.1 Å². The molecule has 9 heteroatoms. The summed E-state index contributed by atoms with van der Waals surface area (Å²) in [7, 11) is 0. The predicted molar refractivity (Wildman–Crippen MR) is 128 cm³/mol. The van der Waals surface area contributed by atoms with Crippen LogP contribution in [0.3, 0.4) is 0 Å². The number of hydrogen-bond donors (Lipinski definition) is 5. The molecule has 32 heavy (non-hydrogen) atoms. The lowest BCUT2D eigenvalue weighted by Gasteiger charge is -2.46. The summed E-state index contributed by atoms with van der Waals surface area (Å²) in [5.74, 6) is -2.07. The number of carboxylic acid groups (broad SMARTS) is 1. The standard InChI is InChI=1S/C23H39N3O5S/c1-5-7-11-17-31-26(23(14-16-27,20(29)30)25-15-6-2)19(28)21(3,24)22(4,32)18-12-9-8-10-13-18/h8-10,12-13,25,27,32H,5-7,11,14-17,24H2,1-4H3,(H,29,30)/t21?,22-,23+/m0/s1. The van der Waals surface area contributed by atoms with E-state index < -0.39 is 34.4 Å². The molecule has 0 aromatic heterocycles. The van der Waals surface area contributed by atoms with Crippen molar-refractivity contribution in [2.75, 3.05) is 19.8 Å². The van der Waals surface area contributed by atoms with E-state index in [1.807, 2.05) is 44.2 Å². The lowest BCUT2D eigenvalue weighted by molar-refractivity contribution is -0.241. The molecule has 8 nitrogen and oxygen atoms in total. The number of hydroxylamine groups is 2. The number of nitrogens with two attached hydrogens (primary N) is 1. The molecule has 0 heterocycles. The minimum absolute atomic E-state index is 0.137. The highest BCUT2D eigenvalue weighted by Crippen LogP contribution is 2.39. The summed E-state index contributed by atoms with van der Waals surface area (Å²) in [5, 5.41) is 23.6. The van der Waals surface area contributed by atoms with E-state index in [9.17, 15) is 19.8 Å². The van der Waals surface area contributed by atoms with Crippen molar-refractivity contribution in [2.45, 2.75) is 75.7 Å². The first-order valence-corrected chi connectivity index (χ1v) is 11.6. The molecular formula is C23H39N3O5S. The Hall–Kier alpha value is -1.65. The Morgan fingerprint density at radius 1 is 1.16 bits per heavy atom. The number of aliphatic hydroxyl groups excluding tert-OH is 1. The van der Waals surface area contributed by atoms with Gasteiger partial charge in [-0.2, -0.15) is 17.7 Å². The number of thiol groups is 1. The topological polar surface area (TPSA) is 125 Å². The van der Waals surface area contributed by atoms with Gasteiger partial charge in [-0.15, -0.1) is 0 Å². The van der Waals surface area contributed by atoms with Gasteiger partial charge in [0.1, 0.15) is 5.54 Å². The van der Waals surface area contributed by atoms with Crippen LogP contribution in [0, 0.1) is 0 Å². The van der Waals surface area contributed by atoms with Crippen LogP contribution in [0.1, 0.15) is 65.4 Å². The van der Waals surface area contributed by atoms with E-state index in [0.717, 1.165) is 17.9 Å². The molecule has 1 unspecified atom stereocenters. The van der Waals surface area contributed by atoms with Crippen molar-refractivity contribution in [3.63, 3.8) is 0 Å². The maximum Gasteiger partial charge on any atom is 0.347 e. The van der Waals surface area contributed by atoms with Gasteiger partial charge in [0.25, 0.3) is 5.91 Å². The lowest BCUT2D eigenvalue weighted by Crippen LogP contribution is -2.72. The number of carbonyl (C=O) groups is 2. The molecule has 0 radical (unpaired) electrons. The van der Waals surface area contributed by atoms with Crippen molar-refractivity contribution in [2.24, 2.45) is 5.73 Å². The van der Waals surface area contributed by atoms with Crippen LogP contribution in [0.4, 0.5) is 0 Å². The molecule has 0 saturated heterocycles. The fourth-order valence-corrected chi connectivity index (χ4v) is 3.60. The Kier molecular flexibility index (Phi) is 11.1. The zero-order chi connectivity index (χ0) is 24.4. The average molecular weight is 470 g/mol. The van der Waals surface area contributed by atoms with Gasteiger partial charge in [0, 0.05) is 13.0 Å². The van der Waals surface area contributed by atoms with Crippen LogP contribution in [-0.2, 0) is 19.2 Å². The van der Waals surface area contributed by atoms with E-state index in [-0.39, 0.29) is 13.0 Å². The Morgan fingerprint density at radius 3 is 2.28 bits per heavy atom. The number of amides is 1. The third kappa shape index (κ3) is 6.23. The number of carbonyl (C=O) groups excluding carboxylic acids is 1. The van der Waals surface area contributed by atoms with E-state index >= 15 is 0 Å². The molecule has 1 rings (SSSR count). The first kappa shape index (κ1) is 28.4. The SMILES string of the molecule is CCCCCON(C(=O)C(C)(N)[C@@](C)(S)c1ccccc1)[C@@](CCO)(NCCC)C(=O)O. The molecule has 3 atom stereocenters. The second-order valence-corrected chi connectivity index (χ2v) is 9.24. The van der Waals surface area contributed by atoms with Crippen molar-refractivity contribution in [1.82, 2.24) is 10.4 Å². The van der Waals surface area contributed by atoms with Gasteiger partial charge in [-0.25, -0.2) is 4.79 Å². The number of aliphatic carboxylic acids is 1. The maximum atomic E-state index is 13.9. The van der Waals surface area contributed by atoms with E-state index in [1.54, 1.807) is 6.92 Å². The van der Waals surface area contributed by atoms with Crippen molar-refractivity contribution in [1.29, 1.82) is 0 Å². The van der Waals surface area contributed by atoms with Crippen molar-refractivity contribution in [3.05, 3.63) is 35.9 Å². The molecule has 0 saturated carbocycles. The van der Waals surface area contributed by atoms with Crippen molar-refractivity contribution < 1.29 is 24.6 Å². The second kappa shape index (κ2) is 12.6. The highest BCUT2D eigenvalue weighted by atomic mass is 32.1. The largest absolute Gasteiger partial charge is 0.478 e. The van der Waals surface area contributed by atoms with E-state index in [4.69, 9.17) is 23.2 Å². The number of aliphatic hydroxyl groups is 1. The molecule has 182 valence electrons. The van der Waals surface area contributed by atoms with Crippen molar-refractivity contribution >= 4 is 24.5 Å². The summed E-state index contributed by atoms with van der Waals surface area (Å²) in [5.41, 5.74) is 3.67. The number of nitrogens with one attached hydrogen (secondary N) is 1. The number of nitrogens with zero attached hydrogens (tertiary/aromatic N) is 1. The zero-order valence-electron chi connectivity index (χ0n) is 19.6. The number of rotatable bonds is 15. The molecular weight excluding hydrogens is 430 g/mol. The van der Waals surface area contributed by atoms with Crippen molar-refractivity contribution in [3.8, 4) is 0 Å². The summed E-state index contributed by atoms with van der Waals surface area (Å²) in [4.78, 5) is 32.2. The number of benzene rings is 1. The van der Waals surface area contributed by atoms with Gasteiger partial charge in [-0.05, 0) is 38.8 Å². The monoisotopic (exact) mass is 469 g/mol. The Balaban J connectivity index is 3.49. The van der Waals surface area contributed by atoms with Crippen LogP contribution in [0.2, 0.25) is 0 Å². The van der Waals surface area contributed by atoms with Gasteiger partial charge in [-0.1, -0.05) is 57.0 Å². The summed E-state index contributed by atoms with van der Waals surface area (Å²) < 4.78 is -1.15. The molecule has 0 spiro atoms. The van der Waals surface area contributed by atoms with Crippen LogP contribution in [0.25, 0.3) is 0 Å². The summed E-state index contributed by atoms with van der Waals surface area (Å²) in [6.07, 6.45) is 2.78. The minimum atomic E-state index is -1.98. The molecule has 1 aromatic rings. The first-order chi connectivity index (χ1) is 15.0. The minimum Gasteiger partial charge on any atom is -0.478 e. The van der Waals surface area contributed by atoms with Gasteiger partial charge in [0.15, 0.2) is 0 Å². The highest BCUT2D eigenvalue weighted by molar-refractivity contribution is 7.81. The van der Waals surface area contributed by atoms with Crippen LogP contribution in [0.5, 0.6) is 0 Å². The summed E-state index contributed by atoms with van der Waals surface area (Å²) in [6, 6.07) is 9.10. The summed E-state index contributed by atoms with van der Waals surface area (Å²) in [6.45, 7) is 7.10. The van der Waals surface area contributed by atoms with Gasteiger partial charge in [-0.3, -0.25) is 14.9 Å². The lowest BCUT2D eigenvalue weighted by atomic mass is 9.80. The molecule has 0 aliphatic heterocycles. The molecule has 0 fully saturated rings. The third-order valence-electron chi connectivity index (χ3n) is 5.79. The van der Waals surface area contributed by atoms with Gasteiger partial charge in [0.2, 0.25) is 5.66 Å². The second-order valence-electron chi connectivity index (χ2n) is 8.35. The molecule has 5 N–H and O–H groups in total. The Bertz CT molecular complexity index is 730. The smallest absolute Gasteiger partial charge is 0.347 e. The Labute approximate surface area is 196 Å². The number of hydrogen-bond acceptors (Lipinski definition) is 7.